The van der Waals surface area contributed by atoms with Crippen LogP contribution in [0.1, 0.15) is 51.9 Å². The molecular formula is C25H30N4O. The Hall–Kier alpha value is -3.08. The zero-order valence-electron chi connectivity index (χ0n) is 18.3. The Morgan fingerprint density at radius 1 is 1.00 bits per heavy atom. The summed E-state index contributed by atoms with van der Waals surface area (Å²) in [5.41, 5.74) is 10.1. The summed E-state index contributed by atoms with van der Waals surface area (Å²) in [5.74, 6) is 2.44. The number of anilines is 1. The number of aromatic nitrogens is 3. The first kappa shape index (κ1) is 20.2. The summed E-state index contributed by atoms with van der Waals surface area (Å²) in [7, 11) is 0. The van der Waals surface area contributed by atoms with Crippen molar-refractivity contribution in [2.75, 3.05) is 5.73 Å². The Kier molecular flexibility index (Phi) is 5.37. The molecular weight excluding hydrogens is 372 g/mol. The minimum absolute atomic E-state index is 0.209. The molecule has 2 aromatic heterocycles. The molecule has 156 valence electrons. The third kappa shape index (κ3) is 4.11. The fourth-order valence-corrected chi connectivity index (χ4v) is 3.80. The standard InChI is InChI=1S/C25H30N4O/c1-5-6-11-21-28-22-23(19-9-7-8-10-20(19)27-24(22)26)29(21)16-17-12-14-18(15-13-17)30-25(2,3)4/h7-10,12-15H,5-6,11,16H2,1-4H3,(H2,26,27). The lowest BCUT2D eigenvalue weighted by Gasteiger charge is -2.21. The molecule has 0 saturated carbocycles. The van der Waals surface area contributed by atoms with Crippen LogP contribution in [0, 0.1) is 0 Å². The number of aryl methyl sites for hydroxylation is 1. The van der Waals surface area contributed by atoms with E-state index in [9.17, 15) is 0 Å². The van der Waals surface area contributed by atoms with Crippen molar-refractivity contribution in [1.82, 2.24) is 14.5 Å². The highest BCUT2D eigenvalue weighted by Crippen LogP contribution is 2.30. The molecule has 4 rings (SSSR count). The van der Waals surface area contributed by atoms with Crippen molar-refractivity contribution in [2.24, 2.45) is 0 Å². The second-order valence-corrected chi connectivity index (χ2v) is 8.79. The van der Waals surface area contributed by atoms with Gasteiger partial charge in [-0.05, 0) is 51.0 Å². The van der Waals surface area contributed by atoms with Crippen LogP contribution in [-0.2, 0) is 13.0 Å². The van der Waals surface area contributed by atoms with Crippen molar-refractivity contribution in [3.8, 4) is 5.75 Å². The van der Waals surface area contributed by atoms with Gasteiger partial charge in [-0.3, -0.25) is 0 Å². The number of benzene rings is 2. The molecule has 0 radical (unpaired) electrons. The van der Waals surface area contributed by atoms with E-state index >= 15 is 0 Å². The van der Waals surface area contributed by atoms with Gasteiger partial charge in [0.1, 0.15) is 22.7 Å². The van der Waals surface area contributed by atoms with Crippen LogP contribution in [0.2, 0.25) is 0 Å². The molecule has 2 heterocycles. The van der Waals surface area contributed by atoms with Crippen molar-refractivity contribution in [1.29, 1.82) is 0 Å². The Morgan fingerprint density at radius 3 is 2.43 bits per heavy atom. The molecule has 0 spiro atoms. The number of hydrogen-bond donors (Lipinski definition) is 1. The molecule has 0 aliphatic rings. The van der Waals surface area contributed by atoms with E-state index in [-0.39, 0.29) is 5.60 Å². The first-order chi connectivity index (χ1) is 14.4. The van der Waals surface area contributed by atoms with Gasteiger partial charge in [0.05, 0.1) is 11.0 Å². The quantitative estimate of drug-likeness (QED) is 0.447. The average molecular weight is 403 g/mol. The van der Waals surface area contributed by atoms with E-state index in [1.165, 1.54) is 5.56 Å². The second kappa shape index (κ2) is 7.98. The molecule has 0 unspecified atom stereocenters. The van der Waals surface area contributed by atoms with Gasteiger partial charge in [-0.1, -0.05) is 43.7 Å². The number of para-hydroxylation sites is 1. The zero-order valence-corrected chi connectivity index (χ0v) is 18.3. The van der Waals surface area contributed by atoms with Crippen LogP contribution < -0.4 is 10.5 Å². The normalized spacial score (nSPS) is 12.0. The summed E-state index contributed by atoms with van der Waals surface area (Å²) in [6, 6.07) is 16.5. The van der Waals surface area contributed by atoms with E-state index in [4.69, 9.17) is 15.5 Å². The molecule has 30 heavy (non-hydrogen) atoms. The number of nitrogens with two attached hydrogens (primary N) is 1. The molecule has 0 atom stereocenters. The lowest BCUT2D eigenvalue weighted by Crippen LogP contribution is -2.22. The SMILES string of the molecule is CCCCc1nc2c(N)nc3ccccc3c2n1Cc1ccc(OC(C)(C)C)cc1. The van der Waals surface area contributed by atoms with Crippen molar-refractivity contribution in [2.45, 2.75) is 59.1 Å². The van der Waals surface area contributed by atoms with Crippen LogP contribution in [0.4, 0.5) is 5.82 Å². The topological polar surface area (TPSA) is 66.0 Å². The molecule has 5 heteroatoms. The van der Waals surface area contributed by atoms with Gasteiger partial charge in [-0.2, -0.15) is 0 Å². The van der Waals surface area contributed by atoms with Crippen LogP contribution in [0.3, 0.4) is 0 Å². The van der Waals surface area contributed by atoms with Gasteiger partial charge in [0.15, 0.2) is 5.82 Å². The van der Waals surface area contributed by atoms with Crippen LogP contribution in [0.5, 0.6) is 5.75 Å². The lowest BCUT2D eigenvalue weighted by molar-refractivity contribution is 0.131. The summed E-state index contributed by atoms with van der Waals surface area (Å²) in [6.07, 6.45) is 3.13. The second-order valence-electron chi connectivity index (χ2n) is 8.79. The first-order valence-electron chi connectivity index (χ1n) is 10.7. The van der Waals surface area contributed by atoms with Gasteiger partial charge in [0.25, 0.3) is 0 Å². The van der Waals surface area contributed by atoms with Gasteiger partial charge in [0, 0.05) is 18.4 Å². The van der Waals surface area contributed by atoms with E-state index < -0.39 is 0 Å². The summed E-state index contributed by atoms with van der Waals surface area (Å²) < 4.78 is 8.28. The summed E-state index contributed by atoms with van der Waals surface area (Å²) >= 11 is 0. The van der Waals surface area contributed by atoms with Gasteiger partial charge in [-0.15, -0.1) is 0 Å². The third-order valence-corrected chi connectivity index (χ3v) is 5.13. The maximum absolute atomic E-state index is 6.30. The summed E-state index contributed by atoms with van der Waals surface area (Å²) in [4.78, 5) is 9.49. The fourth-order valence-electron chi connectivity index (χ4n) is 3.80. The lowest BCUT2D eigenvalue weighted by atomic mass is 10.1. The molecule has 4 aromatic rings. The molecule has 0 aliphatic carbocycles. The van der Waals surface area contributed by atoms with E-state index in [1.807, 2.05) is 30.3 Å². The Bertz CT molecular complexity index is 1170. The Labute approximate surface area is 177 Å². The van der Waals surface area contributed by atoms with Crippen LogP contribution >= 0.6 is 0 Å². The average Bonchev–Trinajstić information content (AvgIpc) is 3.06. The molecule has 2 aromatic carbocycles. The molecule has 0 fully saturated rings. The number of nitrogen functional groups attached to an aromatic ring is 1. The molecule has 5 nitrogen and oxygen atoms in total. The molecule has 2 N–H and O–H groups in total. The van der Waals surface area contributed by atoms with Gasteiger partial charge < -0.3 is 15.0 Å². The van der Waals surface area contributed by atoms with Crippen molar-refractivity contribution < 1.29 is 4.74 Å². The maximum Gasteiger partial charge on any atom is 0.152 e. The number of pyridine rings is 1. The predicted molar refractivity (Wildman–Crippen MR) is 124 cm³/mol. The minimum atomic E-state index is -0.209. The number of nitrogens with zero attached hydrogens (tertiary/aromatic N) is 3. The van der Waals surface area contributed by atoms with E-state index in [0.29, 0.717) is 5.82 Å². The smallest absolute Gasteiger partial charge is 0.152 e. The number of fused-ring (bicyclic) bond motifs is 3. The van der Waals surface area contributed by atoms with E-state index in [0.717, 1.165) is 59.3 Å². The van der Waals surface area contributed by atoms with Gasteiger partial charge in [-0.25, -0.2) is 9.97 Å². The number of rotatable bonds is 6. The molecule has 0 saturated heterocycles. The molecule has 0 bridgehead atoms. The van der Waals surface area contributed by atoms with Gasteiger partial charge in [0.2, 0.25) is 0 Å². The Balaban J connectivity index is 1.80. The largest absolute Gasteiger partial charge is 0.488 e. The minimum Gasteiger partial charge on any atom is -0.488 e. The van der Waals surface area contributed by atoms with E-state index in [1.54, 1.807) is 0 Å². The number of ether oxygens (including phenoxy) is 1. The monoisotopic (exact) mass is 402 g/mol. The summed E-state index contributed by atoms with van der Waals surface area (Å²) in [6.45, 7) is 9.11. The summed E-state index contributed by atoms with van der Waals surface area (Å²) in [5, 5.41) is 1.09. The highest BCUT2D eigenvalue weighted by Gasteiger charge is 2.17. The third-order valence-electron chi connectivity index (χ3n) is 5.13. The van der Waals surface area contributed by atoms with E-state index in [2.05, 4.69) is 55.4 Å². The Morgan fingerprint density at radius 2 is 1.73 bits per heavy atom. The fraction of sp³-hybridized carbons (Fsp3) is 0.360. The molecule has 0 amide bonds. The van der Waals surface area contributed by atoms with Crippen LogP contribution in [0.15, 0.2) is 48.5 Å². The van der Waals surface area contributed by atoms with Crippen molar-refractivity contribution in [3.63, 3.8) is 0 Å². The number of unbranched alkanes of at least 4 members (excludes halogenated alkanes) is 1. The maximum atomic E-state index is 6.30. The first-order valence-corrected chi connectivity index (χ1v) is 10.7. The van der Waals surface area contributed by atoms with Gasteiger partial charge >= 0.3 is 0 Å². The van der Waals surface area contributed by atoms with Crippen LogP contribution in [0.25, 0.3) is 21.9 Å². The highest BCUT2D eigenvalue weighted by atomic mass is 16.5. The predicted octanol–water partition coefficient (Wildman–Crippen LogP) is 5.73. The molecule has 0 aliphatic heterocycles. The number of hydrogen-bond acceptors (Lipinski definition) is 4. The van der Waals surface area contributed by atoms with Crippen molar-refractivity contribution in [3.05, 3.63) is 59.9 Å². The zero-order chi connectivity index (χ0) is 21.3. The van der Waals surface area contributed by atoms with Crippen LogP contribution in [-0.4, -0.2) is 20.1 Å². The highest BCUT2D eigenvalue weighted by molar-refractivity contribution is 6.06. The van der Waals surface area contributed by atoms with Crippen molar-refractivity contribution >= 4 is 27.8 Å². The number of imidazole rings is 1.